The Kier molecular flexibility index (Phi) is 6.69. The Morgan fingerprint density at radius 3 is 2.62 bits per heavy atom. The molecular formula is C18H32N4O3S. The predicted molar refractivity (Wildman–Crippen MR) is 101 cm³/mol. The summed E-state index contributed by atoms with van der Waals surface area (Å²) < 4.78 is 32.2. The Hall–Kier alpha value is -0.990. The van der Waals surface area contributed by atoms with Crippen molar-refractivity contribution in [1.82, 2.24) is 19.5 Å². The Bertz CT molecular complexity index is 668. The number of nitrogens with zero attached hydrogens (tertiary/aromatic N) is 3. The summed E-state index contributed by atoms with van der Waals surface area (Å²) in [5.41, 5.74) is 0. The van der Waals surface area contributed by atoms with Gasteiger partial charge in [0.2, 0.25) is 10.0 Å². The number of aromatic nitrogens is 3. The molecule has 1 aliphatic carbocycles. The van der Waals surface area contributed by atoms with E-state index in [1.54, 1.807) is 4.31 Å². The molecule has 0 radical (unpaired) electrons. The van der Waals surface area contributed by atoms with E-state index in [9.17, 15) is 8.42 Å². The first-order valence-corrected chi connectivity index (χ1v) is 11.6. The van der Waals surface area contributed by atoms with Crippen LogP contribution in [0.4, 0.5) is 0 Å². The molecule has 148 valence electrons. The SMILES string of the molecule is CC(C)OCCS(=O)(=O)N1CCC[C@H](c2n[nH]c(C3CCCCC3)n2)C1. The summed E-state index contributed by atoms with van der Waals surface area (Å²) >= 11 is 0. The van der Waals surface area contributed by atoms with Gasteiger partial charge in [-0.2, -0.15) is 5.10 Å². The molecule has 1 saturated carbocycles. The number of hydrogen-bond acceptors (Lipinski definition) is 5. The number of hydrogen-bond donors (Lipinski definition) is 1. The Labute approximate surface area is 157 Å². The Morgan fingerprint density at radius 2 is 1.88 bits per heavy atom. The fourth-order valence-electron chi connectivity index (χ4n) is 3.95. The second-order valence-electron chi connectivity index (χ2n) is 7.85. The van der Waals surface area contributed by atoms with Crippen LogP contribution in [0.15, 0.2) is 0 Å². The Morgan fingerprint density at radius 1 is 1.15 bits per heavy atom. The molecule has 8 heteroatoms. The van der Waals surface area contributed by atoms with Crippen LogP contribution in [0.2, 0.25) is 0 Å². The lowest BCUT2D eigenvalue weighted by molar-refractivity contribution is 0.0905. The molecule has 2 aliphatic rings. The molecule has 7 nitrogen and oxygen atoms in total. The van der Waals surface area contributed by atoms with Crippen LogP contribution < -0.4 is 0 Å². The first-order chi connectivity index (χ1) is 12.5. The van der Waals surface area contributed by atoms with Gasteiger partial charge in [-0.1, -0.05) is 19.3 Å². The van der Waals surface area contributed by atoms with E-state index < -0.39 is 10.0 Å². The van der Waals surface area contributed by atoms with Gasteiger partial charge in [0.15, 0.2) is 5.82 Å². The molecule has 0 aromatic carbocycles. The summed E-state index contributed by atoms with van der Waals surface area (Å²) in [6.07, 6.45) is 8.02. The summed E-state index contributed by atoms with van der Waals surface area (Å²) in [6, 6.07) is 0. The highest BCUT2D eigenvalue weighted by Gasteiger charge is 2.32. The number of rotatable bonds is 7. The van der Waals surface area contributed by atoms with Gasteiger partial charge in [0, 0.05) is 24.9 Å². The van der Waals surface area contributed by atoms with Crippen LogP contribution in [-0.2, 0) is 14.8 Å². The van der Waals surface area contributed by atoms with Gasteiger partial charge < -0.3 is 4.74 Å². The number of sulfonamides is 1. The molecule has 1 aliphatic heterocycles. The zero-order valence-corrected chi connectivity index (χ0v) is 16.8. The predicted octanol–water partition coefficient (Wildman–Crippen LogP) is 2.79. The highest BCUT2D eigenvalue weighted by atomic mass is 32.2. The van der Waals surface area contributed by atoms with Crippen LogP contribution in [0.1, 0.15) is 82.3 Å². The fraction of sp³-hybridized carbons (Fsp3) is 0.889. The minimum Gasteiger partial charge on any atom is -0.378 e. The minimum atomic E-state index is -3.29. The maximum Gasteiger partial charge on any atom is 0.216 e. The molecule has 1 saturated heterocycles. The monoisotopic (exact) mass is 384 g/mol. The van der Waals surface area contributed by atoms with Crippen molar-refractivity contribution in [3.05, 3.63) is 11.6 Å². The van der Waals surface area contributed by atoms with E-state index in [-0.39, 0.29) is 24.4 Å². The van der Waals surface area contributed by atoms with Crippen LogP contribution in [0.25, 0.3) is 0 Å². The van der Waals surface area contributed by atoms with Crippen molar-refractivity contribution in [3.8, 4) is 0 Å². The molecule has 0 spiro atoms. The third-order valence-corrected chi connectivity index (χ3v) is 7.25. The average Bonchev–Trinajstić information content (AvgIpc) is 3.12. The molecule has 2 fully saturated rings. The van der Waals surface area contributed by atoms with Gasteiger partial charge in [-0.15, -0.1) is 0 Å². The van der Waals surface area contributed by atoms with E-state index in [0.717, 1.165) is 24.5 Å². The number of aromatic amines is 1. The van der Waals surface area contributed by atoms with E-state index in [1.165, 1.54) is 32.1 Å². The van der Waals surface area contributed by atoms with Gasteiger partial charge in [0.1, 0.15) is 5.82 Å². The van der Waals surface area contributed by atoms with Crippen LogP contribution in [-0.4, -0.2) is 59.5 Å². The van der Waals surface area contributed by atoms with Crippen molar-refractivity contribution < 1.29 is 13.2 Å². The third-order valence-electron chi connectivity index (χ3n) is 5.45. The molecule has 2 heterocycles. The summed E-state index contributed by atoms with van der Waals surface area (Å²) in [4.78, 5) is 4.75. The smallest absolute Gasteiger partial charge is 0.216 e. The molecule has 3 rings (SSSR count). The standard InChI is InChI=1S/C18H32N4O3S/c1-14(2)25-11-12-26(23,24)22-10-6-9-16(13-22)18-19-17(20-21-18)15-7-4-3-5-8-15/h14-16H,3-13H2,1-2H3,(H,19,20,21)/t16-/m0/s1. The van der Waals surface area contributed by atoms with Gasteiger partial charge in [-0.3, -0.25) is 5.10 Å². The van der Waals surface area contributed by atoms with Gasteiger partial charge in [-0.05, 0) is 39.5 Å². The zero-order chi connectivity index (χ0) is 18.6. The van der Waals surface area contributed by atoms with E-state index in [2.05, 4.69) is 10.2 Å². The maximum atomic E-state index is 12.6. The summed E-state index contributed by atoms with van der Waals surface area (Å²) in [5.74, 6) is 2.38. The van der Waals surface area contributed by atoms with Gasteiger partial charge in [0.05, 0.1) is 18.5 Å². The summed E-state index contributed by atoms with van der Waals surface area (Å²) in [6.45, 7) is 5.13. The van der Waals surface area contributed by atoms with Crippen molar-refractivity contribution in [1.29, 1.82) is 0 Å². The number of H-pyrrole nitrogens is 1. The largest absolute Gasteiger partial charge is 0.378 e. The van der Waals surface area contributed by atoms with Crippen LogP contribution >= 0.6 is 0 Å². The van der Waals surface area contributed by atoms with Crippen LogP contribution in [0.3, 0.4) is 0 Å². The lowest BCUT2D eigenvalue weighted by Crippen LogP contribution is -2.41. The van der Waals surface area contributed by atoms with Crippen molar-refractivity contribution in [2.75, 3.05) is 25.4 Å². The number of nitrogens with one attached hydrogen (secondary N) is 1. The van der Waals surface area contributed by atoms with Crippen molar-refractivity contribution in [2.45, 2.75) is 76.7 Å². The molecule has 0 bridgehead atoms. The highest BCUT2D eigenvalue weighted by Crippen LogP contribution is 2.32. The minimum absolute atomic E-state index is 0.0409. The van der Waals surface area contributed by atoms with Crippen molar-refractivity contribution >= 4 is 10.0 Å². The quantitative estimate of drug-likeness (QED) is 0.781. The lowest BCUT2D eigenvalue weighted by Gasteiger charge is -2.30. The van der Waals surface area contributed by atoms with Gasteiger partial charge >= 0.3 is 0 Å². The second kappa shape index (κ2) is 8.80. The molecule has 1 atom stereocenters. The molecule has 0 unspecified atom stereocenters. The summed E-state index contributed by atoms with van der Waals surface area (Å²) in [7, 11) is -3.29. The second-order valence-corrected chi connectivity index (χ2v) is 9.93. The fourth-order valence-corrected chi connectivity index (χ4v) is 5.33. The number of ether oxygens (including phenoxy) is 1. The zero-order valence-electron chi connectivity index (χ0n) is 16.0. The van der Waals surface area contributed by atoms with E-state index in [1.807, 2.05) is 13.8 Å². The molecular weight excluding hydrogens is 352 g/mol. The normalized spacial score (nSPS) is 23.6. The highest BCUT2D eigenvalue weighted by molar-refractivity contribution is 7.89. The maximum absolute atomic E-state index is 12.6. The third kappa shape index (κ3) is 5.04. The Balaban J connectivity index is 1.60. The topological polar surface area (TPSA) is 88.2 Å². The van der Waals surface area contributed by atoms with Crippen LogP contribution in [0, 0.1) is 0 Å². The number of piperidine rings is 1. The average molecular weight is 385 g/mol. The molecule has 1 aromatic heterocycles. The van der Waals surface area contributed by atoms with E-state index >= 15 is 0 Å². The first kappa shape index (κ1) is 19.8. The molecule has 26 heavy (non-hydrogen) atoms. The van der Waals surface area contributed by atoms with Crippen molar-refractivity contribution in [3.63, 3.8) is 0 Å². The molecule has 1 aromatic rings. The van der Waals surface area contributed by atoms with Crippen molar-refractivity contribution in [2.24, 2.45) is 0 Å². The summed E-state index contributed by atoms with van der Waals surface area (Å²) in [5, 5.41) is 7.56. The first-order valence-electron chi connectivity index (χ1n) is 9.97. The van der Waals surface area contributed by atoms with Gasteiger partial charge in [0.25, 0.3) is 0 Å². The van der Waals surface area contributed by atoms with Crippen LogP contribution in [0.5, 0.6) is 0 Å². The van der Waals surface area contributed by atoms with E-state index in [0.29, 0.717) is 19.0 Å². The van der Waals surface area contributed by atoms with Gasteiger partial charge in [-0.25, -0.2) is 17.7 Å². The molecule has 1 N–H and O–H groups in total. The van der Waals surface area contributed by atoms with E-state index in [4.69, 9.17) is 9.72 Å². The lowest BCUT2D eigenvalue weighted by atomic mass is 9.89. The molecule has 0 amide bonds.